The van der Waals surface area contributed by atoms with E-state index in [2.05, 4.69) is 19.2 Å². The molecule has 0 spiro atoms. The largest absolute Gasteiger partial charge is 0.487 e. The highest BCUT2D eigenvalue weighted by Crippen LogP contribution is 2.42. The SMILES string of the molecule is CCC1(CC)C[C@H](NC(=O)COc2cc(C)c(Cl)c(C)c2)c2ccccc2O1. The number of benzene rings is 2. The maximum Gasteiger partial charge on any atom is 0.258 e. The number of amides is 1. The van der Waals surface area contributed by atoms with E-state index in [1.807, 2.05) is 50.2 Å². The lowest BCUT2D eigenvalue weighted by molar-refractivity contribution is -0.124. The Balaban J connectivity index is 1.71. The van der Waals surface area contributed by atoms with E-state index in [0.29, 0.717) is 5.75 Å². The second-order valence-electron chi connectivity index (χ2n) is 7.51. The third-order valence-electron chi connectivity index (χ3n) is 5.60. The van der Waals surface area contributed by atoms with Crippen molar-refractivity contribution < 1.29 is 14.3 Å². The Morgan fingerprint density at radius 2 is 1.86 bits per heavy atom. The summed E-state index contributed by atoms with van der Waals surface area (Å²) in [6.45, 7) is 8.08. The number of para-hydroxylation sites is 1. The van der Waals surface area contributed by atoms with Crippen molar-refractivity contribution >= 4 is 17.5 Å². The van der Waals surface area contributed by atoms with Gasteiger partial charge in [0.25, 0.3) is 5.91 Å². The molecular weight excluding hydrogens is 374 g/mol. The van der Waals surface area contributed by atoms with Crippen molar-refractivity contribution in [3.05, 3.63) is 58.1 Å². The molecule has 5 heteroatoms. The fourth-order valence-corrected chi connectivity index (χ4v) is 3.91. The van der Waals surface area contributed by atoms with E-state index in [4.69, 9.17) is 21.1 Å². The van der Waals surface area contributed by atoms with Crippen LogP contribution in [0.4, 0.5) is 0 Å². The summed E-state index contributed by atoms with van der Waals surface area (Å²) in [4.78, 5) is 12.6. The highest BCUT2D eigenvalue weighted by atomic mass is 35.5. The molecule has 0 bridgehead atoms. The van der Waals surface area contributed by atoms with Crippen LogP contribution < -0.4 is 14.8 Å². The van der Waals surface area contributed by atoms with Crippen LogP contribution in [0.25, 0.3) is 0 Å². The zero-order chi connectivity index (χ0) is 20.3. The fourth-order valence-electron chi connectivity index (χ4n) is 3.80. The molecule has 1 aliphatic heterocycles. The van der Waals surface area contributed by atoms with Crippen molar-refractivity contribution in [2.75, 3.05) is 6.61 Å². The first kappa shape index (κ1) is 20.5. The van der Waals surface area contributed by atoms with Crippen LogP contribution in [0.3, 0.4) is 0 Å². The number of carbonyl (C=O) groups excluding carboxylic acids is 1. The number of hydrogen-bond acceptors (Lipinski definition) is 3. The van der Waals surface area contributed by atoms with Crippen molar-refractivity contribution in [2.24, 2.45) is 0 Å². The average Bonchev–Trinajstić information content (AvgIpc) is 2.70. The predicted octanol–water partition coefficient (Wildman–Crippen LogP) is 5.53. The first-order chi connectivity index (χ1) is 13.4. The molecule has 0 saturated heterocycles. The minimum atomic E-state index is -0.252. The molecule has 0 aromatic heterocycles. The van der Waals surface area contributed by atoms with Gasteiger partial charge in [0.15, 0.2) is 6.61 Å². The Hall–Kier alpha value is -2.20. The third kappa shape index (κ3) is 4.27. The van der Waals surface area contributed by atoms with Crippen LogP contribution in [0, 0.1) is 13.8 Å². The van der Waals surface area contributed by atoms with Crippen molar-refractivity contribution in [2.45, 2.75) is 58.6 Å². The van der Waals surface area contributed by atoms with E-state index in [-0.39, 0.29) is 24.2 Å². The molecule has 150 valence electrons. The summed E-state index contributed by atoms with van der Waals surface area (Å²) >= 11 is 6.20. The molecule has 2 aromatic carbocycles. The number of ether oxygens (including phenoxy) is 2. The van der Waals surface area contributed by atoms with Gasteiger partial charge in [-0.2, -0.15) is 0 Å². The zero-order valence-corrected chi connectivity index (χ0v) is 17.7. The summed E-state index contributed by atoms with van der Waals surface area (Å²) in [7, 11) is 0. The Morgan fingerprint density at radius 1 is 1.21 bits per heavy atom. The van der Waals surface area contributed by atoms with Crippen molar-refractivity contribution in [1.29, 1.82) is 0 Å². The number of hydrogen-bond donors (Lipinski definition) is 1. The molecule has 0 aliphatic carbocycles. The second kappa shape index (κ2) is 8.44. The standard InChI is InChI=1S/C23H28ClNO3/c1-5-23(6-2)13-19(18-9-7-8-10-20(18)28-23)25-21(26)14-27-17-11-15(3)22(24)16(4)12-17/h7-12,19H,5-6,13-14H2,1-4H3,(H,25,26)/t19-/m0/s1. The van der Waals surface area contributed by atoms with Crippen LogP contribution in [-0.2, 0) is 4.79 Å². The maximum atomic E-state index is 12.6. The molecule has 1 amide bonds. The molecule has 1 heterocycles. The highest BCUT2D eigenvalue weighted by molar-refractivity contribution is 6.32. The monoisotopic (exact) mass is 401 g/mol. The number of fused-ring (bicyclic) bond motifs is 1. The molecule has 1 aliphatic rings. The van der Waals surface area contributed by atoms with Crippen LogP contribution in [0.5, 0.6) is 11.5 Å². The molecule has 0 fully saturated rings. The minimum Gasteiger partial charge on any atom is -0.487 e. The topological polar surface area (TPSA) is 47.6 Å². The molecule has 4 nitrogen and oxygen atoms in total. The molecule has 0 saturated carbocycles. The van der Waals surface area contributed by atoms with E-state index in [1.165, 1.54) is 0 Å². The van der Waals surface area contributed by atoms with Crippen LogP contribution in [0.2, 0.25) is 5.02 Å². The van der Waals surface area contributed by atoms with Crippen molar-refractivity contribution in [1.82, 2.24) is 5.32 Å². The number of aryl methyl sites for hydroxylation is 2. The molecule has 1 atom stereocenters. The quantitative estimate of drug-likeness (QED) is 0.691. The summed E-state index contributed by atoms with van der Waals surface area (Å²) in [6.07, 6.45) is 2.54. The number of nitrogens with one attached hydrogen (secondary N) is 1. The van der Waals surface area contributed by atoms with Gasteiger partial charge >= 0.3 is 0 Å². The molecule has 28 heavy (non-hydrogen) atoms. The van der Waals surface area contributed by atoms with E-state index >= 15 is 0 Å². The highest BCUT2D eigenvalue weighted by Gasteiger charge is 2.38. The predicted molar refractivity (Wildman–Crippen MR) is 112 cm³/mol. The zero-order valence-electron chi connectivity index (χ0n) is 17.0. The average molecular weight is 402 g/mol. The molecule has 0 radical (unpaired) electrons. The summed E-state index contributed by atoms with van der Waals surface area (Å²) in [5.41, 5.74) is 2.64. The van der Waals surface area contributed by atoms with Gasteiger partial charge in [0.1, 0.15) is 17.1 Å². The lowest BCUT2D eigenvalue weighted by Gasteiger charge is -2.41. The van der Waals surface area contributed by atoms with Gasteiger partial charge in [-0.1, -0.05) is 43.6 Å². The van der Waals surface area contributed by atoms with Gasteiger partial charge in [0, 0.05) is 17.0 Å². The van der Waals surface area contributed by atoms with Gasteiger partial charge in [-0.3, -0.25) is 4.79 Å². The van der Waals surface area contributed by atoms with E-state index in [0.717, 1.165) is 46.7 Å². The van der Waals surface area contributed by atoms with Gasteiger partial charge in [-0.25, -0.2) is 0 Å². The lowest BCUT2D eigenvalue weighted by Crippen LogP contribution is -2.45. The van der Waals surface area contributed by atoms with E-state index in [1.54, 1.807) is 0 Å². The Labute approximate surface area is 172 Å². The molecule has 1 N–H and O–H groups in total. The first-order valence-electron chi connectivity index (χ1n) is 9.84. The van der Waals surface area contributed by atoms with Crippen molar-refractivity contribution in [3.8, 4) is 11.5 Å². The molecule has 2 aromatic rings. The Kier molecular flexibility index (Phi) is 6.19. The normalized spacial score (nSPS) is 17.4. The van der Waals surface area contributed by atoms with Gasteiger partial charge in [-0.05, 0) is 56.0 Å². The minimum absolute atomic E-state index is 0.0364. The Bertz CT molecular complexity index is 838. The lowest BCUT2D eigenvalue weighted by atomic mass is 9.83. The molecular formula is C23H28ClNO3. The van der Waals surface area contributed by atoms with Crippen LogP contribution in [0.1, 0.15) is 55.8 Å². The van der Waals surface area contributed by atoms with Gasteiger partial charge in [-0.15, -0.1) is 0 Å². The maximum absolute atomic E-state index is 12.6. The smallest absolute Gasteiger partial charge is 0.258 e. The fraction of sp³-hybridized carbons (Fsp3) is 0.435. The van der Waals surface area contributed by atoms with Crippen LogP contribution in [-0.4, -0.2) is 18.1 Å². The van der Waals surface area contributed by atoms with Gasteiger partial charge in [0.05, 0.1) is 6.04 Å². The number of halogens is 1. The Morgan fingerprint density at radius 3 is 2.50 bits per heavy atom. The number of carbonyl (C=O) groups is 1. The summed E-state index contributed by atoms with van der Waals surface area (Å²) in [5, 5.41) is 3.87. The summed E-state index contributed by atoms with van der Waals surface area (Å²) in [5.74, 6) is 1.36. The summed E-state index contributed by atoms with van der Waals surface area (Å²) in [6, 6.07) is 11.5. The van der Waals surface area contributed by atoms with E-state index in [9.17, 15) is 4.79 Å². The van der Waals surface area contributed by atoms with Crippen LogP contribution in [0.15, 0.2) is 36.4 Å². The van der Waals surface area contributed by atoms with Gasteiger partial charge in [0.2, 0.25) is 0 Å². The first-order valence-corrected chi connectivity index (χ1v) is 10.2. The van der Waals surface area contributed by atoms with Gasteiger partial charge < -0.3 is 14.8 Å². The van der Waals surface area contributed by atoms with E-state index < -0.39 is 0 Å². The van der Waals surface area contributed by atoms with Crippen molar-refractivity contribution in [3.63, 3.8) is 0 Å². The second-order valence-corrected chi connectivity index (χ2v) is 7.89. The number of rotatable bonds is 6. The van der Waals surface area contributed by atoms with Crippen LogP contribution >= 0.6 is 11.6 Å². The third-order valence-corrected chi connectivity index (χ3v) is 6.20. The summed E-state index contributed by atoms with van der Waals surface area (Å²) < 4.78 is 12.0. The molecule has 0 unspecified atom stereocenters. The molecule has 3 rings (SSSR count).